The van der Waals surface area contributed by atoms with E-state index < -0.39 is 0 Å². The predicted octanol–water partition coefficient (Wildman–Crippen LogP) is 1.37. The maximum absolute atomic E-state index is 11.5. The van der Waals surface area contributed by atoms with Crippen molar-refractivity contribution in [2.45, 2.75) is 44.4 Å². The second kappa shape index (κ2) is 6.35. The monoisotopic (exact) mass is 331 g/mol. The first kappa shape index (κ1) is 15.3. The van der Waals surface area contributed by atoms with E-state index in [0.717, 1.165) is 43.5 Å². The number of ether oxygens (including phenoxy) is 2. The van der Waals surface area contributed by atoms with Gasteiger partial charge in [-0.3, -0.25) is 4.79 Å². The molecule has 1 saturated heterocycles. The highest BCUT2D eigenvalue weighted by molar-refractivity contribution is 5.87. The molecule has 8 nitrogen and oxygen atoms in total. The number of methoxy groups -OCH3 is 1. The van der Waals surface area contributed by atoms with Gasteiger partial charge in [0.15, 0.2) is 5.65 Å². The third kappa shape index (κ3) is 2.71. The third-order valence-corrected chi connectivity index (χ3v) is 5.04. The van der Waals surface area contributed by atoms with Gasteiger partial charge in [0.05, 0.1) is 24.8 Å². The van der Waals surface area contributed by atoms with Gasteiger partial charge in [0.2, 0.25) is 0 Å². The van der Waals surface area contributed by atoms with Gasteiger partial charge in [0.25, 0.3) is 0 Å². The van der Waals surface area contributed by atoms with Gasteiger partial charge in [-0.05, 0) is 25.7 Å². The molecule has 2 aromatic heterocycles. The van der Waals surface area contributed by atoms with Gasteiger partial charge in [0.1, 0.15) is 18.7 Å². The maximum atomic E-state index is 11.5. The summed E-state index contributed by atoms with van der Waals surface area (Å²) in [5.74, 6) is 0.953. The largest absolute Gasteiger partial charge is 0.468 e. The van der Waals surface area contributed by atoms with Crippen molar-refractivity contribution < 1.29 is 14.3 Å². The van der Waals surface area contributed by atoms with Crippen molar-refractivity contribution in [3.05, 3.63) is 12.5 Å². The molecule has 0 spiro atoms. The zero-order chi connectivity index (χ0) is 16.5. The lowest BCUT2D eigenvalue weighted by molar-refractivity contribution is -0.141. The number of fused-ring (bicyclic) bond motifs is 2. The molecule has 128 valence electrons. The van der Waals surface area contributed by atoms with Crippen molar-refractivity contribution in [2.75, 3.05) is 19.0 Å². The average molecular weight is 331 g/mol. The van der Waals surface area contributed by atoms with Crippen molar-refractivity contribution in [1.29, 1.82) is 0 Å². The highest BCUT2D eigenvalue weighted by Gasteiger charge is 2.37. The van der Waals surface area contributed by atoms with Crippen molar-refractivity contribution in [2.24, 2.45) is 5.92 Å². The zero-order valence-electron chi connectivity index (χ0n) is 13.6. The summed E-state index contributed by atoms with van der Waals surface area (Å²) < 4.78 is 12.1. The zero-order valence-corrected chi connectivity index (χ0v) is 13.6. The van der Waals surface area contributed by atoms with Crippen molar-refractivity contribution in [1.82, 2.24) is 19.7 Å². The average Bonchev–Trinajstić information content (AvgIpc) is 3.23. The molecule has 0 bridgehead atoms. The molecule has 4 rings (SSSR count). The topological polar surface area (TPSA) is 91.2 Å². The first-order chi connectivity index (χ1) is 11.8. The van der Waals surface area contributed by atoms with Crippen molar-refractivity contribution in [3.8, 4) is 0 Å². The number of nitrogens with one attached hydrogen (secondary N) is 1. The van der Waals surface area contributed by atoms with E-state index in [-0.39, 0.29) is 12.5 Å². The third-order valence-electron chi connectivity index (χ3n) is 5.04. The minimum absolute atomic E-state index is 0.0401. The number of carbonyl (C=O) groups is 1. The number of nitrogens with zero attached hydrogens (tertiary/aromatic N) is 4. The summed E-state index contributed by atoms with van der Waals surface area (Å²) in [6, 6.07) is 0.355. The van der Waals surface area contributed by atoms with Crippen LogP contribution in [-0.2, 0) is 20.8 Å². The fraction of sp³-hybridized carbons (Fsp3) is 0.625. The minimum Gasteiger partial charge on any atom is -0.468 e. The van der Waals surface area contributed by atoms with Crippen LogP contribution in [0.25, 0.3) is 11.0 Å². The van der Waals surface area contributed by atoms with Crippen LogP contribution in [0.5, 0.6) is 0 Å². The van der Waals surface area contributed by atoms with Gasteiger partial charge in [0, 0.05) is 18.6 Å². The Bertz CT molecular complexity index is 746. The molecule has 3 unspecified atom stereocenters. The second-order valence-corrected chi connectivity index (χ2v) is 6.38. The second-order valence-electron chi connectivity index (χ2n) is 6.38. The first-order valence-electron chi connectivity index (χ1n) is 8.37. The molecule has 2 aliphatic rings. The van der Waals surface area contributed by atoms with E-state index in [2.05, 4.69) is 20.4 Å². The van der Waals surface area contributed by atoms with Crippen molar-refractivity contribution in [3.63, 3.8) is 0 Å². The van der Waals surface area contributed by atoms with Crippen LogP contribution in [0.1, 0.15) is 25.7 Å². The molecule has 0 aromatic carbocycles. The van der Waals surface area contributed by atoms with E-state index in [9.17, 15) is 4.79 Å². The van der Waals surface area contributed by atoms with Crippen LogP contribution < -0.4 is 5.32 Å². The lowest BCUT2D eigenvalue weighted by atomic mass is 9.82. The summed E-state index contributed by atoms with van der Waals surface area (Å²) in [6.45, 7) is 0.891. The van der Waals surface area contributed by atoms with Crippen LogP contribution in [0.2, 0.25) is 0 Å². The molecule has 2 aromatic rings. The Morgan fingerprint density at radius 1 is 1.42 bits per heavy atom. The number of carbonyl (C=O) groups excluding carboxylic acids is 1. The van der Waals surface area contributed by atoms with E-state index in [1.807, 2.05) is 0 Å². The van der Waals surface area contributed by atoms with Crippen molar-refractivity contribution >= 4 is 22.8 Å². The van der Waals surface area contributed by atoms with Crippen LogP contribution >= 0.6 is 0 Å². The highest BCUT2D eigenvalue weighted by atomic mass is 16.5. The molecule has 3 heterocycles. The summed E-state index contributed by atoms with van der Waals surface area (Å²) in [5.41, 5.74) is 0.632. The van der Waals surface area contributed by atoms with E-state index in [1.165, 1.54) is 18.1 Å². The van der Waals surface area contributed by atoms with Gasteiger partial charge in [-0.15, -0.1) is 0 Å². The molecule has 3 atom stereocenters. The van der Waals surface area contributed by atoms with Gasteiger partial charge >= 0.3 is 5.97 Å². The Hall–Kier alpha value is -2.22. The fourth-order valence-corrected chi connectivity index (χ4v) is 3.84. The Morgan fingerprint density at radius 2 is 2.33 bits per heavy atom. The Kier molecular flexibility index (Phi) is 4.05. The Labute approximate surface area is 139 Å². The molecule has 2 fully saturated rings. The van der Waals surface area contributed by atoms with E-state index in [4.69, 9.17) is 9.47 Å². The summed E-state index contributed by atoms with van der Waals surface area (Å²) >= 11 is 0. The van der Waals surface area contributed by atoms with Gasteiger partial charge in [-0.25, -0.2) is 14.6 Å². The highest BCUT2D eigenvalue weighted by Crippen LogP contribution is 2.36. The fourth-order valence-electron chi connectivity index (χ4n) is 3.84. The quantitative estimate of drug-likeness (QED) is 0.846. The smallest absolute Gasteiger partial charge is 0.327 e. The molecule has 8 heteroatoms. The molecule has 1 aliphatic carbocycles. The van der Waals surface area contributed by atoms with E-state index in [1.54, 1.807) is 6.20 Å². The molecule has 24 heavy (non-hydrogen) atoms. The van der Waals surface area contributed by atoms with Crippen LogP contribution in [0.3, 0.4) is 0 Å². The van der Waals surface area contributed by atoms with Crippen LogP contribution in [0, 0.1) is 5.92 Å². The lowest BCUT2D eigenvalue weighted by Gasteiger charge is -2.33. The van der Waals surface area contributed by atoms with Gasteiger partial charge in [-0.2, -0.15) is 5.10 Å². The Balaban J connectivity index is 1.59. The van der Waals surface area contributed by atoms with Crippen LogP contribution in [0.15, 0.2) is 12.5 Å². The number of aromatic nitrogens is 4. The molecule has 1 N–H and O–H groups in total. The van der Waals surface area contributed by atoms with Gasteiger partial charge in [-0.1, -0.05) is 0 Å². The first-order valence-corrected chi connectivity index (χ1v) is 8.37. The predicted molar refractivity (Wildman–Crippen MR) is 86.4 cm³/mol. The van der Waals surface area contributed by atoms with E-state index >= 15 is 0 Å². The number of hydrogen-bond donors (Lipinski definition) is 1. The number of anilines is 1. The number of rotatable bonds is 4. The molecule has 1 saturated carbocycles. The van der Waals surface area contributed by atoms with Crippen LogP contribution in [0.4, 0.5) is 5.82 Å². The Morgan fingerprint density at radius 3 is 3.21 bits per heavy atom. The standard InChI is InChI=1S/C16H21N5O3/c1-23-14(22)8-21-16-11(7-19-21)15(17-9-18-16)20-12-3-2-4-13-10(12)5-6-24-13/h7,9-10,12-13H,2-6,8H2,1H3,(H,17,18,20). The minimum atomic E-state index is -0.355. The van der Waals surface area contributed by atoms with Crippen LogP contribution in [-0.4, -0.2) is 51.6 Å². The summed E-state index contributed by atoms with van der Waals surface area (Å²) in [7, 11) is 1.36. The maximum Gasteiger partial charge on any atom is 0.327 e. The summed E-state index contributed by atoms with van der Waals surface area (Å²) in [4.78, 5) is 20.2. The van der Waals surface area contributed by atoms with Gasteiger partial charge < -0.3 is 14.8 Å². The molecule has 1 aliphatic heterocycles. The summed E-state index contributed by atoms with van der Waals surface area (Å²) in [6.07, 6.45) is 8.10. The number of esters is 1. The molecule has 0 radical (unpaired) electrons. The SMILES string of the molecule is COC(=O)Cn1ncc2c(NC3CCCC4OCCC34)ncnc21. The normalized spacial score (nSPS) is 26.3. The summed E-state index contributed by atoms with van der Waals surface area (Å²) in [5, 5.41) is 8.65. The molecular weight excluding hydrogens is 310 g/mol. The molecular formula is C16H21N5O3. The van der Waals surface area contributed by atoms with E-state index in [0.29, 0.717) is 23.7 Å². The lowest BCUT2D eigenvalue weighted by Crippen LogP contribution is -2.38. The molecule has 0 amide bonds. The number of hydrogen-bond acceptors (Lipinski definition) is 7.